The van der Waals surface area contributed by atoms with Gasteiger partial charge < -0.3 is 4.79 Å². The van der Waals surface area contributed by atoms with Crippen LogP contribution in [0.2, 0.25) is 10.0 Å². The number of carbonyl (C=O) groups excluding carboxylic acids is 1. The van der Waals surface area contributed by atoms with Gasteiger partial charge in [-0.25, -0.2) is 0 Å². The van der Waals surface area contributed by atoms with E-state index in [-0.39, 0.29) is 27.7 Å². The van der Waals surface area contributed by atoms with Crippen LogP contribution in [0.25, 0.3) is 0 Å². The average Bonchev–Trinajstić information content (AvgIpc) is 2.09. The van der Waals surface area contributed by atoms with Crippen LogP contribution in [0.4, 0.5) is 5.69 Å². The fourth-order valence-corrected chi connectivity index (χ4v) is 1.60. The van der Waals surface area contributed by atoms with Crippen molar-refractivity contribution >= 4 is 35.2 Å². The maximum atomic E-state index is 10.6. The second kappa shape index (κ2) is 4.39. The second-order valence-corrected chi connectivity index (χ2v) is 3.36. The molecule has 0 bridgehead atoms. The van der Waals surface area contributed by atoms with E-state index in [2.05, 4.69) is 0 Å². The summed E-state index contributed by atoms with van der Waals surface area (Å²) in [6.07, 6.45) is 0.467. The van der Waals surface area contributed by atoms with Crippen LogP contribution in [0.15, 0.2) is 12.1 Å². The van der Waals surface area contributed by atoms with E-state index in [9.17, 15) is 14.9 Å². The molecule has 74 valence electrons. The summed E-state index contributed by atoms with van der Waals surface area (Å²) in [4.78, 5) is 20.2. The lowest BCUT2D eigenvalue weighted by Gasteiger charge is -2.02. The zero-order valence-corrected chi connectivity index (χ0v) is 8.38. The van der Waals surface area contributed by atoms with Gasteiger partial charge in [0.2, 0.25) is 0 Å². The summed E-state index contributed by atoms with van der Waals surface area (Å²) in [5.41, 5.74) is -0.0364. The van der Waals surface area contributed by atoms with E-state index in [1.165, 1.54) is 12.1 Å². The molecule has 0 heterocycles. The molecular formula is C8H5Cl2NO3. The lowest BCUT2D eigenvalue weighted by Crippen LogP contribution is -1.97. The molecule has 14 heavy (non-hydrogen) atoms. The van der Waals surface area contributed by atoms with E-state index in [1.807, 2.05) is 0 Å². The monoisotopic (exact) mass is 233 g/mol. The smallest absolute Gasteiger partial charge is 0.276 e. The molecule has 0 unspecified atom stereocenters. The molecule has 0 fully saturated rings. The number of aldehydes is 1. The summed E-state index contributed by atoms with van der Waals surface area (Å²) in [6.45, 7) is 0. The van der Waals surface area contributed by atoms with Gasteiger partial charge >= 0.3 is 0 Å². The highest BCUT2D eigenvalue weighted by Gasteiger charge is 2.17. The molecule has 0 amide bonds. The first-order chi connectivity index (χ1) is 6.56. The zero-order chi connectivity index (χ0) is 10.7. The van der Waals surface area contributed by atoms with Gasteiger partial charge in [0.25, 0.3) is 5.69 Å². The zero-order valence-electron chi connectivity index (χ0n) is 6.87. The van der Waals surface area contributed by atoms with Crippen LogP contribution in [0.5, 0.6) is 0 Å². The SMILES string of the molecule is O=CCc1c(Cl)cc(Cl)cc1[N+](=O)[O-]. The summed E-state index contributed by atoms with van der Waals surface area (Å²) in [7, 11) is 0. The van der Waals surface area contributed by atoms with Crippen molar-refractivity contribution in [3.63, 3.8) is 0 Å². The van der Waals surface area contributed by atoms with Crippen LogP contribution in [0.1, 0.15) is 5.56 Å². The average molecular weight is 234 g/mol. The Kier molecular flexibility index (Phi) is 3.43. The molecule has 0 aromatic heterocycles. The maximum absolute atomic E-state index is 10.6. The maximum Gasteiger partial charge on any atom is 0.276 e. The van der Waals surface area contributed by atoms with Gasteiger partial charge in [0, 0.05) is 17.5 Å². The van der Waals surface area contributed by atoms with Crippen molar-refractivity contribution < 1.29 is 9.72 Å². The predicted octanol–water partition coefficient (Wildman–Crippen LogP) is 2.64. The van der Waals surface area contributed by atoms with Crippen LogP contribution >= 0.6 is 23.2 Å². The highest BCUT2D eigenvalue weighted by molar-refractivity contribution is 6.35. The summed E-state index contributed by atoms with van der Waals surface area (Å²) < 4.78 is 0. The third-order valence-corrected chi connectivity index (χ3v) is 2.18. The van der Waals surface area contributed by atoms with Crippen LogP contribution < -0.4 is 0 Å². The Morgan fingerprint density at radius 1 is 1.43 bits per heavy atom. The van der Waals surface area contributed by atoms with Gasteiger partial charge in [-0.2, -0.15) is 0 Å². The number of halogens is 2. The number of benzene rings is 1. The van der Waals surface area contributed by atoms with Crippen molar-refractivity contribution in [3.05, 3.63) is 37.9 Å². The Labute approximate surface area is 89.6 Å². The summed E-state index contributed by atoms with van der Waals surface area (Å²) in [6, 6.07) is 2.54. The highest BCUT2D eigenvalue weighted by atomic mass is 35.5. The van der Waals surface area contributed by atoms with Crippen LogP contribution in [-0.2, 0) is 11.2 Å². The topological polar surface area (TPSA) is 60.2 Å². The van der Waals surface area contributed by atoms with Crippen LogP contribution in [0.3, 0.4) is 0 Å². The third-order valence-electron chi connectivity index (χ3n) is 1.62. The molecule has 0 aliphatic carbocycles. The molecule has 0 aliphatic heterocycles. The molecule has 0 radical (unpaired) electrons. The molecule has 0 aliphatic rings. The largest absolute Gasteiger partial charge is 0.303 e. The van der Waals surface area contributed by atoms with Crippen LogP contribution in [-0.4, -0.2) is 11.2 Å². The standard InChI is InChI=1S/C8H5Cl2NO3/c9-5-3-7(10)6(1-2-12)8(4-5)11(13)14/h2-4H,1H2. The quantitative estimate of drug-likeness (QED) is 0.458. The van der Waals surface area contributed by atoms with Crippen LogP contribution in [0, 0.1) is 10.1 Å². The molecule has 4 nitrogen and oxygen atoms in total. The Morgan fingerprint density at radius 2 is 2.07 bits per heavy atom. The molecule has 0 N–H and O–H groups in total. The van der Waals surface area contributed by atoms with E-state index in [0.29, 0.717) is 6.29 Å². The normalized spacial score (nSPS) is 9.86. The van der Waals surface area contributed by atoms with E-state index in [0.717, 1.165) is 0 Å². The minimum Gasteiger partial charge on any atom is -0.303 e. The highest BCUT2D eigenvalue weighted by Crippen LogP contribution is 2.30. The Bertz CT molecular complexity index is 392. The number of nitrogens with zero attached hydrogens (tertiary/aromatic N) is 1. The number of nitro benzene ring substituents is 1. The fourth-order valence-electron chi connectivity index (χ4n) is 1.04. The first-order valence-corrected chi connectivity index (χ1v) is 4.37. The van der Waals surface area contributed by atoms with Gasteiger partial charge in [-0.05, 0) is 6.07 Å². The van der Waals surface area contributed by atoms with E-state index in [4.69, 9.17) is 23.2 Å². The summed E-state index contributed by atoms with van der Waals surface area (Å²) in [5, 5.41) is 10.9. The van der Waals surface area contributed by atoms with E-state index >= 15 is 0 Å². The lowest BCUT2D eigenvalue weighted by molar-refractivity contribution is -0.385. The number of carbonyl (C=O) groups is 1. The Balaban J connectivity index is 3.35. The van der Waals surface area contributed by atoms with Crippen molar-refractivity contribution in [2.75, 3.05) is 0 Å². The van der Waals surface area contributed by atoms with Gasteiger partial charge in [0.15, 0.2) is 0 Å². The molecule has 1 rings (SSSR count). The molecule has 0 saturated heterocycles. The Morgan fingerprint density at radius 3 is 2.57 bits per heavy atom. The molecule has 6 heteroatoms. The van der Waals surface area contributed by atoms with Crippen molar-refractivity contribution in [1.82, 2.24) is 0 Å². The van der Waals surface area contributed by atoms with Gasteiger partial charge in [-0.1, -0.05) is 23.2 Å². The van der Waals surface area contributed by atoms with E-state index in [1.54, 1.807) is 0 Å². The fraction of sp³-hybridized carbons (Fsp3) is 0.125. The first-order valence-electron chi connectivity index (χ1n) is 3.62. The minimum absolute atomic E-state index is 0.0910. The first kappa shape index (κ1) is 10.9. The van der Waals surface area contributed by atoms with E-state index < -0.39 is 4.92 Å². The second-order valence-electron chi connectivity index (χ2n) is 2.51. The van der Waals surface area contributed by atoms with Crippen molar-refractivity contribution in [3.8, 4) is 0 Å². The molecule has 0 spiro atoms. The molecule has 1 aromatic rings. The van der Waals surface area contributed by atoms with Gasteiger partial charge in [-0.3, -0.25) is 10.1 Å². The lowest BCUT2D eigenvalue weighted by atomic mass is 10.1. The number of rotatable bonds is 3. The molecule has 0 atom stereocenters. The third kappa shape index (κ3) is 2.21. The molecule has 0 saturated carbocycles. The number of nitro groups is 1. The van der Waals surface area contributed by atoms with Gasteiger partial charge in [-0.15, -0.1) is 0 Å². The summed E-state index contributed by atoms with van der Waals surface area (Å²) in [5.74, 6) is 0. The van der Waals surface area contributed by atoms with Crippen molar-refractivity contribution in [1.29, 1.82) is 0 Å². The summed E-state index contributed by atoms with van der Waals surface area (Å²) >= 11 is 11.3. The number of hydrogen-bond donors (Lipinski definition) is 0. The number of hydrogen-bond acceptors (Lipinski definition) is 3. The van der Waals surface area contributed by atoms with Gasteiger partial charge in [0.05, 0.1) is 15.5 Å². The van der Waals surface area contributed by atoms with Gasteiger partial charge in [0.1, 0.15) is 6.29 Å². The molecule has 1 aromatic carbocycles. The predicted molar refractivity (Wildman–Crippen MR) is 52.9 cm³/mol. The molecular weight excluding hydrogens is 229 g/mol. The van der Waals surface area contributed by atoms with Crippen molar-refractivity contribution in [2.45, 2.75) is 6.42 Å². The Hall–Kier alpha value is -1.13. The minimum atomic E-state index is -0.614. The van der Waals surface area contributed by atoms with Crippen molar-refractivity contribution in [2.24, 2.45) is 0 Å².